The molecule has 1 aliphatic rings. The first kappa shape index (κ1) is 23.7. The SMILES string of the molecule is [B]=C[C@@H]1CC(O)[C@H](C/C=C\COCC(=O)O)[C@H]1/C=C/[C@@H](O)CCc1ccc(C)s1. The van der Waals surface area contributed by atoms with Crippen molar-refractivity contribution in [1.29, 1.82) is 0 Å². The summed E-state index contributed by atoms with van der Waals surface area (Å²) in [6.07, 6.45) is 9.24. The van der Waals surface area contributed by atoms with Crippen molar-refractivity contribution >= 4 is 30.8 Å². The Hall–Kier alpha value is -1.54. The number of hydrogen-bond acceptors (Lipinski definition) is 5. The van der Waals surface area contributed by atoms with Gasteiger partial charge >= 0.3 is 178 Å². The molecule has 157 valence electrons. The summed E-state index contributed by atoms with van der Waals surface area (Å²) in [7, 11) is 5.79. The molecule has 1 aromatic heterocycles. The van der Waals surface area contributed by atoms with Crippen LogP contribution >= 0.6 is 11.3 Å². The van der Waals surface area contributed by atoms with Crippen LogP contribution in [0.15, 0.2) is 36.4 Å². The molecule has 1 saturated carbocycles. The Balaban J connectivity index is 1.87. The minimum absolute atomic E-state index is 0.00100. The van der Waals surface area contributed by atoms with Gasteiger partial charge in [-0.1, -0.05) is 0 Å². The molecule has 0 aromatic carbocycles. The Kier molecular flexibility index (Phi) is 10.0. The van der Waals surface area contributed by atoms with Crippen LogP contribution in [0.1, 0.15) is 29.0 Å². The maximum absolute atomic E-state index is 10.4. The van der Waals surface area contributed by atoms with Gasteiger partial charge in [0, 0.05) is 0 Å². The second-order valence-corrected chi connectivity index (χ2v) is 8.89. The van der Waals surface area contributed by atoms with Gasteiger partial charge in [-0.15, -0.1) is 0 Å². The van der Waals surface area contributed by atoms with Crippen LogP contribution in [0.25, 0.3) is 0 Å². The van der Waals surface area contributed by atoms with E-state index in [4.69, 9.17) is 17.3 Å². The predicted octanol–water partition coefficient (Wildman–Crippen LogP) is 2.54. The number of carboxylic acid groups (broad SMARTS) is 1. The Bertz CT molecular complexity index is 714. The minimum atomic E-state index is -0.996. The molecule has 0 bridgehead atoms. The summed E-state index contributed by atoms with van der Waals surface area (Å²) in [5.74, 6) is 0.759. The van der Waals surface area contributed by atoms with Crippen molar-refractivity contribution in [3.05, 3.63) is 46.2 Å². The Morgan fingerprint density at radius 1 is 1.41 bits per heavy atom. The third-order valence-electron chi connectivity index (χ3n) is 5.30. The van der Waals surface area contributed by atoms with Crippen LogP contribution in [-0.4, -0.2) is 60.2 Å². The molecule has 1 aromatic rings. The Morgan fingerprint density at radius 2 is 2.21 bits per heavy atom. The first-order chi connectivity index (χ1) is 13.9. The zero-order chi connectivity index (χ0) is 21.2. The summed E-state index contributed by atoms with van der Waals surface area (Å²) in [6.45, 7) is 1.98. The summed E-state index contributed by atoms with van der Waals surface area (Å²) in [4.78, 5) is 13.0. The molecule has 1 unspecified atom stereocenters. The van der Waals surface area contributed by atoms with Crippen LogP contribution in [0, 0.1) is 24.7 Å². The van der Waals surface area contributed by atoms with Gasteiger partial charge < -0.3 is 0 Å². The second kappa shape index (κ2) is 12.2. The van der Waals surface area contributed by atoms with Crippen molar-refractivity contribution in [2.75, 3.05) is 13.2 Å². The van der Waals surface area contributed by atoms with Crippen LogP contribution in [-0.2, 0) is 16.0 Å². The summed E-state index contributed by atoms with van der Waals surface area (Å²) < 4.78 is 4.98. The molecule has 1 fully saturated rings. The monoisotopic (exact) mass is 417 g/mol. The first-order valence-electron chi connectivity index (χ1n) is 10.00. The van der Waals surface area contributed by atoms with E-state index in [1.165, 1.54) is 9.75 Å². The van der Waals surface area contributed by atoms with Gasteiger partial charge in [0.25, 0.3) is 0 Å². The molecule has 1 radical (unpaired) electrons. The fourth-order valence-corrected chi connectivity index (χ4v) is 4.70. The van der Waals surface area contributed by atoms with Crippen molar-refractivity contribution in [2.24, 2.45) is 17.8 Å². The standard InChI is InChI=1S/C22H30BO5S/c1-15-5-8-18(29-15)9-6-17(24)7-10-19-16(13-23)12-21(25)20(19)4-2-3-11-28-14-22(26)27/h2-3,5,7-8,10,13,16-17,19-21,24-25H,4,6,9,11-12,14H2,1H3,(H,26,27)/b3-2-,10-7+/t16-,17-,19-,20+,21?/m0/s1. The number of hydrogen-bond donors (Lipinski definition) is 3. The molecule has 0 aliphatic heterocycles. The van der Waals surface area contributed by atoms with Crippen molar-refractivity contribution in [3.63, 3.8) is 0 Å². The predicted molar refractivity (Wildman–Crippen MR) is 118 cm³/mol. The molecule has 1 heterocycles. The summed E-state index contributed by atoms with van der Waals surface area (Å²) in [5.41, 5.74) is 0. The molecule has 29 heavy (non-hydrogen) atoms. The number of rotatable bonds is 12. The second-order valence-electron chi connectivity index (χ2n) is 7.52. The van der Waals surface area contributed by atoms with E-state index in [0.29, 0.717) is 19.3 Å². The van der Waals surface area contributed by atoms with Gasteiger partial charge in [-0.2, -0.15) is 0 Å². The Labute approximate surface area is 177 Å². The van der Waals surface area contributed by atoms with Crippen LogP contribution in [0.5, 0.6) is 0 Å². The molecule has 3 N–H and O–H groups in total. The number of aliphatic hydroxyl groups is 2. The first-order valence-corrected chi connectivity index (χ1v) is 10.8. The topological polar surface area (TPSA) is 87.0 Å². The van der Waals surface area contributed by atoms with Gasteiger partial charge in [0.15, 0.2) is 0 Å². The number of aryl methyl sites for hydroxylation is 2. The fourth-order valence-electron chi connectivity index (χ4n) is 3.79. The van der Waals surface area contributed by atoms with E-state index >= 15 is 0 Å². The molecule has 0 saturated heterocycles. The van der Waals surface area contributed by atoms with Gasteiger partial charge in [-0.3, -0.25) is 0 Å². The summed E-state index contributed by atoms with van der Waals surface area (Å²) in [5, 5.41) is 29.3. The molecule has 7 heteroatoms. The van der Waals surface area contributed by atoms with Crippen molar-refractivity contribution < 1.29 is 24.9 Å². The van der Waals surface area contributed by atoms with E-state index < -0.39 is 18.2 Å². The van der Waals surface area contributed by atoms with Crippen LogP contribution in [0.4, 0.5) is 0 Å². The van der Waals surface area contributed by atoms with E-state index in [1.807, 2.05) is 18.2 Å². The van der Waals surface area contributed by atoms with Crippen molar-refractivity contribution in [3.8, 4) is 0 Å². The van der Waals surface area contributed by atoms with Gasteiger partial charge in [0.1, 0.15) is 0 Å². The van der Waals surface area contributed by atoms with E-state index in [0.717, 1.165) is 6.42 Å². The molecule has 2 rings (SSSR count). The number of aliphatic hydroxyl groups excluding tert-OH is 2. The van der Waals surface area contributed by atoms with Crippen LogP contribution < -0.4 is 0 Å². The molecule has 0 amide bonds. The van der Waals surface area contributed by atoms with Gasteiger partial charge in [-0.05, 0) is 0 Å². The number of ether oxygens (including phenoxy) is 1. The van der Waals surface area contributed by atoms with E-state index in [1.54, 1.807) is 23.4 Å². The molecule has 5 nitrogen and oxygen atoms in total. The maximum atomic E-state index is 10.4. The van der Waals surface area contributed by atoms with Crippen molar-refractivity contribution in [1.82, 2.24) is 0 Å². The van der Waals surface area contributed by atoms with E-state index in [-0.39, 0.29) is 31.0 Å². The number of aliphatic carboxylic acids is 1. The van der Waals surface area contributed by atoms with Gasteiger partial charge in [0.05, 0.1) is 0 Å². The van der Waals surface area contributed by atoms with Crippen molar-refractivity contribution in [2.45, 2.75) is 44.8 Å². The average molecular weight is 417 g/mol. The van der Waals surface area contributed by atoms with Gasteiger partial charge in [-0.25, -0.2) is 0 Å². The van der Waals surface area contributed by atoms with Gasteiger partial charge in [0.2, 0.25) is 0 Å². The average Bonchev–Trinajstić information content (AvgIpc) is 3.23. The number of carbonyl (C=O) groups is 1. The zero-order valence-corrected chi connectivity index (χ0v) is 17.6. The molecule has 5 atom stereocenters. The fraction of sp³-hybridized carbons (Fsp3) is 0.545. The zero-order valence-electron chi connectivity index (χ0n) is 16.8. The van der Waals surface area contributed by atoms with E-state index in [9.17, 15) is 15.0 Å². The number of allylic oxidation sites excluding steroid dienone is 2. The normalized spacial score (nSPS) is 25.7. The third-order valence-corrected chi connectivity index (χ3v) is 6.36. The third kappa shape index (κ3) is 8.01. The van der Waals surface area contributed by atoms with Crippen LogP contribution in [0.2, 0.25) is 0 Å². The molecule has 0 spiro atoms. The molecule has 1 aliphatic carbocycles. The summed E-state index contributed by atoms with van der Waals surface area (Å²) >= 11 is 1.75. The van der Waals surface area contributed by atoms with Crippen LogP contribution in [0.3, 0.4) is 0 Å². The Morgan fingerprint density at radius 3 is 2.86 bits per heavy atom. The quantitative estimate of drug-likeness (QED) is 0.277. The number of thiophene rings is 1. The number of carboxylic acids is 1. The molecular weight excluding hydrogens is 387 g/mol. The molecular formula is C22H30BO5S. The summed E-state index contributed by atoms with van der Waals surface area (Å²) in [6, 6.07) is 4.19. The van der Waals surface area contributed by atoms with E-state index in [2.05, 4.69) is 19.1 Å².